The van der Waals surface area contributed by atoms with Gasteiger partial charge in [0.1, 0.15) is 0 Å². The van der Waals surface area contributed by atoms with Crippen molar-refractivity contribution in [1.82, 2.24) is 0 Å². The van der Waals surface area contributed by atoms with Crippen LogP contribution in [0.15, 0.2) is 18.2 Å². The predicted octanol–water partition coefficient (Wildman–Crippen LogP) is 2.79. The van der Waals surface area contributed by atoms with E-state index in [9.17, 15) is 13.6 Å². The summed E-state index contributed by atoms with van der Waals surface area (Å²) in [6.07, 6.45) is 0.491. The molecule has 0 saturated heterocycles. The highest BCUT2D eigenvalue weighted by atomic mass is 19.3. The first kappa shape index (κ1) is 15.2. The first-order valence-electron chi connectivity index (χ1n) is 5.84. The van der Waals surface area contributed by atoms with Crippen molar-refractivity contribution >= 4 is 5.97 Å². The van der Waals surface area contributed by atoms with E-state index in [1.54, 1.807) is 19.1 Å². The van der Waals surface area contributed by atoms with E-state index in [0.717, 1.165) is 0 Å². The van der Waals surface area contributed by atoms with Crippen molar-refractivity contribution in [3.8, 4) is 11.5 Å². The summed E-state index contributed by atoms with van der Waals surface area (Å²) in [5.41, 5.74) is 0.619. The van der Waals surface area contributed by atoms with Gasteiger partial charge >= 0.3 is 12.6 Å². The lowest BCUT2D eigenvalue weighted by molar-refractivity contribution is -0.143. The molecule has 0 spiro atoms. The molecule has 1 aromatic rings. The third kappa shape index (κ3) is 4.73. The van der Waals surface area contributed by atoms with E-state index in [4.69, 9.17) is 9.47 Å². The third-order valence-electron chi connectivity index (χ3n) is 2.38. The zero-order valence-corrected chi connectivity index (χ0v) is 10.8. The Morgan fingerprint density at radius 3 is 2.68 bits per heavy atom. The van der Waals surface area contributed by atoms with Crippen LogP contribution in [0.3, 0.4) is 0 Å². The van der Waals surface area contributed by atoms with Gasteiger partial charge in [-0.05, 0) is 25.0 Å². The Balaban J connectivity index is 2.79. The smallest absolute Gasteiger partial charge is 0.387 e. The first-order chi connectivity index (χ1) is 9.08. The van der Waals surface area contributed by atoms with Gasteiger partial charge in [-0.2, -0.15) is 8.78 Å². The zero-order valence-electron chi connectivity index (χ0n) is 10.8. The number of alkyl halides is 2. The van der Waals surface area contributed by atoms with Crippen molar-refractivity contribution in [2.75, 3.05) is 13.7 Å². The number of hydrogen-bond donors (Lipinski definition) is 0. The number of esters is 1. The summed E-state index contributed by atoms with van der Waals surface area (Å²) in [7, 11) is 1.36. The number of halogens is 2. The molecule has 0 unspecified atom stereocenters. The normalized spacial score (nSPS) is 10.4. The number of benzene rings is 1. The third-order valence-corrected chi connectivity index (χ3v) is 2.38. The van der Waals surface area contributed by atoms with Gasteiger partial charge in [0.25, 0.3) is 0 Å². The molecule has 0 amide bonds. The SMILES string of the molecule is CCOC(=O)CCc1cccc(OC(F)F)c1OC. The average Bonchev–Trinajstić information content (AvgIpc) is 2.36. The van der Waals surface area contributed by atoms with Crippen LogP contribution in [-0.2, 0) is 16.0 Å². The van der Waals surface area contributed by atoms with E-state index in [-0.39, 0.29) is 23.9 Å². The number of hydrogen-bond acceptors (Lipinski definition) is 4. The lowest BCUT2D eigenvalue weighted by Gasteiger charge is -2.13. The van der Waals surface area contributed by atoms with Gasteiger partial charge in [-0.25, -0.2) is 0 Å². The van der Waals surface area contributed by atoms with Gasteiger partial charge in [-0.15, -0.1) is 0 Å². The average molecular weight is 274 g/mol. The molecule has 1 rings (SSSR count). The molecule has 0 radical (unpaired) electrons. The van der Waals surface area contributed by atoms with E-state index in [0.29, 0.717) is 18.6 Å². The van der Waals surface area contributed by atoms with Gasteiger partial charge in [-0.1, -0.05) is 12.1 Å². The molecule has 6 heteroatoms. The highest BCUT2D eigenvalue weighted by molar-refractivity contribution is 5.70. The summed E-state index contributed by atoms with van der Waals surface area (Å²) in [4.78, 5) is 11.3. The number of aryl methyl sites for hydroxylation is 1. The molecule has 0 bridgehead atoms. The molecule has 106 valence electrons. The van der Waals surface area contributed by atoms with Crippen LogP contribution in [0.1, 0.15) is 18.9 Å². The van der Waals surface area contributed by atoms with Crippen molar-refractivity contribution in [1.29, 1.82) is 0 Å². The molecule has 0 aliphatic rings. The van der Waals surface area contributed by atoms with Crippen molar-refractivity contribution in [2.24, 2.45) is 0 Å². The minimum atomic E-state index is -2.92. The van der Waals surface area contributed by atoms with E-state index in [1.807, 2.05) is 0 Å². The highest BCUT2D eigenvalue weighted by Crippen LogP contribution is 2.32. The van der Waals surface area contributed by atoms with Crippen LogP contribution < -0.4 is 9.47 Å². The van der Waals surface area contributed by atoms with E-state index >= 15 is 0 Å². The molecule has 0 fully saturated rings. The monoisotopic (exact) mass is 274 g/mol. The van der Waals surface area contributed by atoms with Crippen LogP contribution in [0.4, 0.5) is 8.78 Å². The Labute approximate surface area is 110 Å². The second-order valence-corrected chi connectivity index (χ2v) is 3.63. The van der Waals surface area contributed by atoms with E-state index < -0.39 is 6.61 Å². The van der Waals surface area contributed by atoms with Crippen LogP contribution in [0.25, 0.3) is 0 Å². The number of methoxy groups -OCH3 is 1. The molecule has 19 heavy (non-hydrogen) atoms. The minimum absolute atomic E-state index is 0.0427. The van der Waals surface area contributed by atoms with Gasteiger partial charge in [0, 0.05) is 6.42 Å². The summed E-state index contributed by atoms with van der Waals surface area (Å²) in [5, 5.41) is 0. The molecule has 0 N–H and O–H groups in total. The quantitative estimate of drug-likeness (QED) is 0.717. The fourth-order valence-electron chi connectivity index (χ4n) is 1.65. The van der Waals surface area contributed by atoms with Crippen LogP contribution in [-0.4, -0.2) is 26.3 Å². The van der Waals surface area contributed by atoms with Gasteiger partial charge in [-0.3, -0.25) is 4.79 Å². The topological polar surface area (TPSA) is 44.8 Å². The van der Waals surface area contributed by atoms with E-state index in [1.165, 1.54) is 13.2 Å². The Hall–Kier alpha value is -1.85. The molecule has 0 atom stereocenters. The van der Waals surface area contributed by atoms with Gasteiger partial charge < -0.3 is 14.2 Å². The van der Waals surface area contributed by atoms with Crippen LogP contribution in [0.5, 0.6) is 11.5 Å². The lowest BCUT2D eigenvalue weighted by Crippen LogP contribution is -2.07. The van der Waals surface area contributed by atoms with Gasteiger partial charge in [0.05, 0.1) is 13.7 Å². The molecule has 0 aromatic heterocycles. The molecular formula is C13H16F2O4. The first-order valence-corrected chi connectivity index (χ1v) is 5.84. The van der Waals surface area contributed by atoms with E-state index in [2.05, 4.69) is 4.74 Å². The van der Waals surface area contributed by atoms with Gasteiger partial charge in [0.15, 0.2) is 11.5 Å². The molecule has 0 aliphatic carbocycles. The number of carbonyl (C=O) groups is 1. The second kappa shape index (κ2) is 7.56. The highest BCUT2D eigenvalue weighted by Gasteiger charge is 2.15. The molecule has 0 aliphatic heterocycles. The molecular weight excluding hydrogens is 258 g/mol. The summed E-state index contributed by atoms with van der Waals surface area (Å²) >= 11 is 0. The molecule has 1 aromatic carbocycles. The number of rotatable bonds is 7. The van der Waals surface area contributed by atoms with Crippen molar-refractivity contribution in [3.05, 3.63) is 23.8 Å². The number of ether oxygens (including phenoxy) is 3. The Bertz CT molecular complexity index is 421. The Morgan fingerprint density at radius 2 is 2.11 bits per heavy atom. The fourth-order valence-corrected chi connectivity index (χ4v) is 1.65. The molecule has 0 heterocycles. The summed E-state index contributed by atoms with van der Waals surface area (Å²) in [5.74, 6) is -0.171. The number of carbonyl (C=O) groups excluding carboxylic acids is 1. The van der Waals surface area contributed by atoms with Crippen LogP contribution in [0.2, 0.25) is 0 Å². The minimum Gasteiger partial charge on any atom is -0.493 e. The second-order valence-electron chi connectivity index (χ2n) is 3.63. The van der Waals surface area contributed by atoms with Gasteiger partial charge in [0.2, 0.25) is 0 Å². The molecule has 4 nitrogen and oxygen atoms in total. The Kier molecular flexibility index (Phi) is 6.05. The van der Waals surface area contributed by atoms with Crippen molar-refractivity contribution in [2.45, 2.75) is 26.4 Å². The van der Waals surface area contributed by atoms with Crippen LogP contribution >= 0.6 is 0 Å². The fraction of sp³-hybridized carbons (Fsp3) is 0.462. The van der Waals surface area contributed by atoms with Crippen LogP contribution in [0, 0.1) is 0 Å². The largest absolute Gasteiger partial charge is 0.493 e. The predicted molar refractivity (Wildman–Crippen MR) is 64.6 cm³/mol. The Morgan fingerprint density at radius 1 is 1.37 bits per heavy atom. The maximum Gasteiger partial charge on any atom is 0.387 e. The maximum absolute atomic E-state index is 12.2. The van der Waals surface area contributed by atoms with Crippen molar-refractivity contribution < 1.29 is 27.8 Å². The maximum atomic E-state index is 12.2. The number of para-hydroxylation sites is 1. The summed E-state index contributed by atoms with van der Waals surface area (Å²) < 4.78 is 38.7. The standard InChI is InChI=1S/C13H16F2O4/c1-3-18-11(16)8-7-9-5-4-6-10(12(9)17-2)19-13(14)15/h4-6,13H,3,7-8H2,1-2H3. The van der Waals surface area contributed by atoms with Crippen molar-refractivity contribution in [3.63, 3.8) is 0 Å². The lowest BCUT2D eigenvalue weighted by atomic mass is 10.1. The summed E-state index contributed by atoms with van der Waals surface area (Å²) in [6, 6.07) is 4.65. The zero-order chi connectivity index (χ0) is 14.3. The summed E-state index contributed by atoms with van der Waals surface area (Å²) in [6.45, 7) is -0.894. The molecule has 0 saturated carbocycles.